The number of methoxy groups -OCH3 is 1. The molecule has 0 radical (unpaired) electrons. The van der Waals surface area contributed by atoms with Crippen molar-refractivity contribution in [3.05, 3.63) is 149 Å². The maximum absolute atomic E-state index is 14.3. The van der Waals surface area contributed by atoms with Crippen LogP contribution < -0.4 is 20.7 Å². The molecule has 0 saturated carbocycles. The van der Waals surface area contributed by atoms with Crippen molar-refractivity contribution < 1.29 is 32.8 Å². The summed E-state index contributed by atoms with van der Waals surface area (Å²) >= 11 is 0. The Morgan fingerprint density at radius 1 is 0.935 bits per heavy atom. The number of benzene rings is 4. The number of carbonyl (C=O) groups excluding carboxylic acids is 2. The van der Waals surface area contributed by atoms with Gasteiger partial charge in [-0.3, -0.25) is 15.0 Å². The molecule has 2 saturated heterocycles. The first kappa shape index (κ1) is 44.9. The van der Waals surface area contributed by atoms with Gasteiger partial charge in [-0.05, 0) is 81.1 Å². The molecule has 14 heteroatoms. The third kappa shape index (κ3) is 9.29. The van der Waals surface area contributed by atoms with Gasteiger partial charge in [-0.15, -0.1) is 0 Å². The molecule has 4 aromatic carbocycles. The van der Waals surface area contributed by atoms with Gasteiger partial charge in [0.2, 0.25) is 0 Å². The van der Waals surface area contributed by atoms with Gasteiger partial charge >= 0.3 is 6.03 Å². The topological polar surface area (TPSA) is 147 Å². The van der Waals surface area contributed by atoms with E-state index in [9.17, 15) is 14.9 Å². The van der Waals surface area contributed by atoms with E-state index in [0.29, 0.717) is 24.2 Å². The molecule has 7 rings (SSSR count). The maximum atomic E-state index is 14.3. The van der Waals surface area contributed by atoms with E-state index in [1.165, 1.54) is 4.90 Å². The first-order chi connectivity index (χ1) is 30.0. The largest absolute Gasteiger partial charge is 0.497 e. The molecular weight excluding hydrogens is 804 g/mol. The Labute approximate surface area is 366 Å². The van der Waals surface area contributed by atoms with Crippen molar-refractivity contribution in [3.8, 4) is 11.8 Å². The van der Waals surface area contributed by atoms with Gasteiger partial charge in [0.25, 0.3) is 14.4 Å². The Hall–Kier alpha value is -5.16. The van der Waals surface area contributed by atoms with E-state index in [-0.39, 0.29) is 37.6 Å². The summed E-state index contributed by atoms with van der Waals surface area (Å²) in [6.45, 7) is 10.9. The zero-order chi connectivity index (χ0) is 43.9. The van der Waals surface area contributed by atoms with Crippen LogP contribution in [0.3, 0.4) is 0 Å². The Morgan fingerprint density at radius 3 is 2.11 bits per heavy atom. The molecule has 4 aromatic rings. The first-order valence-corrected chi connectivity index (χ1v) is 22.3. The Kier molecular flexibility index (Phi) is 14.4. The highest BCUT2D eigenvalue weighted by Crippen LogP contribution is 2.51. The van der Waals surface area contributed by atoms with Crippen LogP contribution >= 0.6 is 8.53 Å². The number of ether oxygens (including phenoxy) is 3. The highest BCUT2D eigenvalue weighted by molar-refractivity contribution is 7.44. The number of rotatable bonds is 18. The Morgan fingerprint density at radius 2 is 1.53 bits per heavy atom. The standard InChI is InChI=1S/C48H57N6O7P/c1-33(2)54(34(3)4)62(59-29-16-28-49)60-32-47-27-30-58-41(45(61-47)53-31-35(5)43(51-46(53)56)50-44(55)36-17-10-7-11-18-36)42(47)52-48(37-19-12-8-13-20-37,38-21-14-9-15-22-38)39-23-25-40(57-6)26-24-39/h7-15,17-26,31,33-34,41-43,45,52H,16,27,29-30,32H2,1-6H3,(H,50,55)(H,51,56)/t41-,42+,43?,45-,47-,62?/m1/s1. The summed E-state index contributed by atoms with van der Waals surface area (Å²) < 4.78 is 35.2. The second-order valence-corrected chi connectivity index (χ2v) is 17.8. The fourth-order valence-corrected chi connectivity index (χ4v) is 10.4. The number of amides is 3. The zero-order valence-corrected chi connectivity index (χ0v) is 37.1. The van der Waals surface area contributed by atoms with Crippen LogP contribution in [0.4, 0.5) is 4.79 Å². The SMILES string of the molecule is COc1ccc(C(N[C@H]2[C@H]3OCC[C@]2(COP(OCCC#N)N(C(C)C)C(C)C)O[C@H]3N2C=C(C)C(NC(=O)c3ccccc3)NC2=O)(c2ccccc2)c2ccccc2)cc1. The van der Waals surface area contributed by atoms with Gasteiger partial charge in [-0.1, -0.05) is 91.0 Å². The van der Waals surface area contributed by atoms with Crippen LogP contribution in [0.25, 0.3) is 0 Å². The van der Waals surface area contributed by atoms with E-state index in [2.05, 4.69) is 90.8 Å². The number of hydrogen-bond acceptors (Lipinski definition) is 10. The summed E-state index contributed by atoms with van der Waals surface area (Å²) in [6.07, 6.45) is 0.0363. The van der Waals surface area contributed by atoms with Gasteiger partial charge in [0.1, 0.15) is 23.6 Å². The van der Waals surface area contributed by atoms with Crippen LogP contribution in [-0.2, 0) is 24.1 Å². The molecule has 13 nitrogen and oxygen atoms in total. The van der Waals surface area contributed by atoms with E-state index in [0.717, 1.165) is 22.4 Å². The van der Waals surface area contributed by atoms with Crippen LogP contribution in [0.1, 0.15) is 74.5 Å². The van der Waals surface area contributed by atoms with Crippen molar-refractivity contribution >= 4 is 20.5 Å². The summed E-state index contributed by atoms with van der Waals surface area (Å²) in [5.74, 6) is 0.412. The van der Waals surface area contributed by atoms with Crippen molar-refractivity contribution in [2.45, 2.75) is 95.2 Å². The number of carbonyl (C=O) groups is 2. The van der Waals surface area contributed by atoms with E-state index < -0.39 is 50.2 Å². The third-order valence-corrected chi connectivity index (χ3v) is 13.7. The fraction of sp³-hybridized carbons (Fsp3) is 0.396. The van der Waals surface area contributed by atoms with Gasteiger partial charge in [-0.2, -0.15) is 5.26 Å². The van der Waals surface area contributed by atoms with Crippen molar-refractivity contribution in [3.63, 3.8) is 0 Å². The summed E-state index contributed by atoms with van der Waals surface area (Å²) in [5.41, 5.74) is 2.06. The average Bonchev–Trinajstić information content (AvgIpc) is 3.43. The van der Waals surface area contributed by atoms with Gasteiger partial charge in [-0.25, -0.2) is 9.46 Å². The summed E-state index contributed by atoms with van der Waals surface area (Å²) in [7, 11) is -0.000892. The molecule has 3 amide bonds. The molecule has 2 unspecified atom stereocenters. The summed E-state index contributed by atoms with van der Waals surface area (Å²) in [4.78, 5) is 29.0. The van der Waals surface area contributed by atoms with Crippen molar-refractivity contribution in [2.24, 2.45) is 0 Å². The zero-order valence-electron chi connectivity index (χ0n) is 36.2. The van der Waals surface area contributed by atoms with Crippen LogP contribution in [-0.4, -0.2) is 90.7 Å². The number of nitrogens with one attached hydrogen (secondary N) is 3. The lowest BCUT2D eigenvalue weighted by Crippen LogP contribution is -2.65. The monoisotopic (exact) mass is 860 g/mol. The molecule has 62 heavy (non-hydrogen) atoms. The van der Waals surface area contributed by atoms with Gasteiger partial charge in [0.15, 0.2) is 6.23 Å². The van der Waals surface area contributed by atoms with Crippen LogP contribution in [0.2, 0.25) is 0 Å². The lowest BCUT2D eigenvalue weighted by Gasteiger charge is -2.47. The number of nitriles is 1. The highest BCUT2D eigenvalue weighted by atomic mass is 31.2. The number of nitrogens with zero attached hydrogens (tertiary/aromatic N) is 3. The van der Waals surface area contributed by atoms with Crippen molar-refractivity contribution in [1.29, 1.82) is 5.26 Å². The molecule has 6 atom stereocenters. The fourth-order valence-electron chi connectivity index (χ4n) is 8.72. The minimum absolute atomic E-state index is 0.0775. The third-order valence-electron chi connectivity index (χ3n) is 11.6. The molecule has 2 fully saturated rings. The molecule has 0 spiro atoms. The number of fused-ring (bicyclic) bond motifs is 2. The number of urea groups is 1. The summed E-state index contributed by atoms with van der Waals surface area (Å²) in [5, 5.41) is 19.5. The Balaban J connectivity index is 1.33. The second kappa shape index (κ2) is 19.9. The minimum Gasteiger partial charge on any atom is -0.497 e. The first-order valence-electron chi connectivity index (χ1n) is 21.2. The summed E-state index contributed by atoms with van der Waals surface area (Å²) in [6, 6.07) is 38.8. The Bertz CT molecular complexity index is 2140. The quantitative estimate of drug-likeness (QED) is 0.0515. The molecular formula is C48H57N6O7P. The van der Waals surface area contributed by atoms with Crippen molar-refractivity contribution in [2.75, 3.05) is 26.9 Å². The molecule has 0 aliphatic carbocycles. The predicted molar refractivity (Wildman–Crippen MR) is 238 cm³/mol. The van der Waals surface area contributed by atoms with Gasteiger partial charge in [0, 0.05) is 30.3 Å². The molecule has 0 aromatic heterocycles. The molecule has 3 heterocycles. The second-order valence-electron chi connectivity index (χ2n) is 16.3. The average molecular weight is 861 g/mol. The molecule has 3 aliphatic heterocycles. The molecule has 3 N–H and O–H groups in total. The van der Waals surface area contributed by atoms with E-state index in [1.807, 2.05) is 61.5 Å². The normalized spacial score (nSPS) is 22.9. The smallest absolute Gasteiger partial charge is 0.325 e. The number of hydrogen-bond donors (Lipinski definition) is 3. The van der Waals surface area contributed by atoms with Gasteiger partial charge < -0.3 is 33.9 Å². The molecule has 2 bridgehead atoms. The van der Waals surface area contributed by atoms with E-state index in [4.69, 9.17) is 23.3 Å². The van der Waals surface area contributed by atoms with E-state index >= 15 is 0 Å². The van der Waals surface area contributed by atoms with Crippen LogP contribution in [0.5, 0.6) is 5.75 Å². The van der Waals surface area contributed by atoms with Crippen LogP contribution in [0.15, 0.2) is 127 Å². The van der Waals surface area contributed by atoms with Crippen molar-refractivity contribution in [1.82, 2.24) is 25.5 Å². The molecule has 3 aliphatic rings. The highest BCUT2D eigenvalue weighted by Gasteiger charge is 2.63. The van der Waals surface area contributed by atoms with Gasteiger partial charge in [0.05, 0.1) is 51.0 Å². The lowest BCUT2D eigenvalue weighted by atomic mass is 9.74. The van der Waals surface area contributed by atoms with Crippen LogP contribution in [0, 0.1) is 11.3 Å². The maximum Gasteiger partial charge on any atom is 0.325 e. The van der Waals surface area contributed by atoms with E-state index in [1.54, 1.807) is 37.6 Å². The minimum atomic E-state index is -1.65. The molecule has 326 valence electrons. The predicted octanol–water partition coefficient (Wildman–Crippen LogP) is 7.81. The lowest BCUT2D eigenvalue weighted by molar-refractivity contribution is -0.110.